The summed E-state index contributed by atoms with van der Waals surface area (Å²) in [5.74, 6) is 0.308. The quantitative estimate of drug-likeness (QED) is 0.632. The van der Waals surface area contributed by atoms with E-state index in [4.69, 9.17) is 27.6 Å². The minimum Gasteiger partial charge on any atom is -0.459 e. The van der Waals surface area contributed by atoms with Crippen molar-refractivity contribution in [3.63, 3.8) is 0 Å². The molecule has 0 radical (unpaired) electrons. The molecule has 9 heteroatoms. The summed E-state index contributed by atoms with van der Waals surface area (Å²) in [4.78, 5) is 21.5. The number of thiazole rings is 1. The van der Waals surface area contributed by atoms with Gasteiger partial charge in [-0.05, 0) is 30.3 Å². The summed E-state index contributed by atoms with van der Waals surface area (Å²) in [7, 11) is 0. The van der Waals surface area contributed by atoms with Crippen LogP contribution < -0.4 is 10.2 Å². The summed E-state index contributed by atoms with van der Waals surface area (Å²) < 4.78 is 5.74. The van der Waals surface area contributed by atoms with Gasteiger partial charge in [-0.3, -0.25) is 4.79 Å². The maximum absolute atomic E-state index is 12.4. The molecule has 3 heterocycles. The van der Waals surface area contributed by atoms with E-state index in [0.29, 0.717) is 34.9 Å². The van der Waals surface area contributed by atoms with Gasteiger partial charge in [0.15, 0.2) is 10.2 Å². The van der Waals surface area contributed by atoms with Crippen LogP contribution in [0.1, 0.15) is 15.4 Å². The van der Waals surface area contributed by atoms with Crippen LogP contribution in [0, 0.1) is 0 Å². The van der Waals surface area contributed by atoms with Crippen molar-refractivity contribution < 1.29 is 9.21 Å². The number of carbonyl (C=O) groups is 1. The number of aromatic nitrogens is 1. The van der Waals surface area contributed by atoms with Crippen LogP contribution >= 0.6 is 34.5 Å². The van der Waals surface area contributed by atoms with E-state index in [2.05, 4.69) is 15.2 Å². The summed E-state index contributed by atoms with van der Waals surface area (Å²) in [6.45, 7) is 3.34. The van der Waals surface area contributed by atoms with Crippen molar-refractivity contribution in [3.05, 3.63) is 62.9 Å². The molecule has 0 atom stereocenters. The Hall–Kier alpha value is -2.22. The normalized spacial score (nSPS) is 14.4. The maximum atomic E-state index is 12.4. The minimum absolute atomic E-state index is 0.0709. The predicted octanol–water partition coefficient (Wildman–Crippen LogP) is 4.62. The summed E-state index contributed by atoms with van der Waals surface area (Å²) in [6, 6.07) is 9.35. The summed E-state index contributed by atoms with van der Waals surface area (Å²) >= 11 is 13.8. The molecule has 1 aliphatic rings. The zero-order valence-corrected chi connectivity index (χ0v) is 17.2. The van der Waals surface area contributed by atoms with Crippen LogP contribution in [-0.4, -0.2) is 42.0 Å². The lowest BCUT2D eigenvalue weighted by Gasteiger charge is -2.36. The van der Waals surface area contributed by atoms with Crippen molar-refractivity contribution in [3.8, 4) is 0 Å². The fraction of sp³-hybridized carbons (Fsp3) is 0.263. The van der Waals surface area contributed by atoms with Crippen molar-refractivity contribution in [2.75, 3.05) is 36.4 Å². The highest BCUT2D eigenvalue weighted by Gasteiger charge is 2.24. The average molecular weight is 437 g/mol. The predicted molar refractivity (Wildman–Crippen MR) is 113 cm³/mol. The molecule has 3 aromatic rings. The second kappa shape index (κ2) is 8.43. The third kappa shape index (κ3) is 4.27. The first-order chi connectivity index (χ1) is 13.6. The molecular weight excluding hydrogens is 419 g/mol. The van der Waals surface area contributed by atoms with E-state index in [9.17, 15) is 4.79 Å². The zero-order valence-electron chi connectivity index (χ0n) is 14.9. The average Bonchev–Trinajstić information content (AvgIpc) is 3.38. The van der Waals surface area contributed by atoms with E-state index < -0.39 is 0 Å². The number of nitrogens with one attached hydrogen (secondary N) is 1. The number of furan rings is 1. The third-order valence-corrected chi connectivity index (χ3v) is 6.00. The number of piperazine rings is 1. The number of anilines is 2. The molecule has 146 valence electrons. The molecule has 1 aromatic carbocycles. The third-order valence-electron chi connectivity index (χ3n) is 4.58. The number of amides is 1. The highest BCUT2D eigenvalue weighted by atomic mass is 35.5. The Morgan fingerprint density at radius 2 is 2.04 bits per heavy atom. The molecule has 4 rings (SSSR count). The zero-order chi connectivity index (χ0) is 19.5. The molecule has 0 saturated carbocycles. The van der Waals surface area contributed by atoms with Crippen molar-refractivity contribution in [2.24, 2.45) is 0 Å². The van der Waals surface area contributed by atoms with Crippen LogP contribution in [0.15, 0.2) is 47.2 Å². The van der Waals surface area contributed by atoms with E-state index in [1.165, 1.54) is 17.6 Å². The first-order valence-corrected chi connectivity index (χ1v) is 10.4. The number of halogens is 2. The molecule has 2 aromatic heterocycles. The number of rotatable bonds is 5. The molecule has 6 nitrogen and oxygen atoms in total. The van der Waals surface area contributed by atoms with Gasteiger partial charge in [0.05, 0.1) is 23.5 Å². The lowest BCUT2D eigenvalue weighted by molar-refractivity contribution is 0.0714. The van der Waals surface area contributed by atoms with Crippen molar-refractivity contribution >= 4 is 51.8 Å². The van der Waals surface area contributed by atoms with Crippen LogP contribution in [0.25, 0.3) is 0 Å². The summed E-state index contributed by atoms with van der Waals surface area (Å²) in [5, 5.41) is 4.01. The molecular formula is C19H18Cl2N4O2S. The Morgan fingerprint density at radius 3 is 2.68 bits per heavy atom. The van der Waals surface area contributed by atoms with Crippen molar-refractivity contribution in [1.29, 1.82) is 0 Å². The molecule has 1 fully saturated rings. The highest BCUT2D eigenvalue weighted by molar-refractivity contribution is 7.15. The van der Waals surface area contributed by atoms with Crippen molar-refractivity contribution in [2.45, 2.75) is 6.54 Å². The van der Waals surface area contributed by atoms with Gasteiger partial charge in [-0.1, -0.05) is 23.2 Å². The van der Waals surface area contributed by atoms with E-state index in [-0.39, 0.29) is 5.91 Å². The Kier molecular flexibility index (Phi) is 5.75. The van der Waals surface area contributed by atoms with Gasteiger partial charge in [0.2, 0.25) is 0 Å². The van der Waals surface area contributed by atoms with Crippen molar-refractivity contribution in [1.82, 2.24) is 9.88 Å². The van der Waals surface area contributed by atoms with Crippen LogP contribution in [0.4, 0.5) is 11.4 Å². The maximum Gasteiger partial charge on any atom is 0.289 e. The first-order valence-electron chi connectivity index (χ1n) is 8.81. The fourth-order valence-corrected chi connectivity index (χ4v) is 4.35. The molecule has 1 aliphatic heterocycles. The van der Waals surface area contributed by atoms with E-state index in [0.717, 1.165) is 29.3 Å². The molecule has 1 saturated heterocycles. The number of benzene rings is 1. The number of hydrogen-bond donors (Lipinski definition) is 1. The molecule has 1 amide bonds. The molecule has 0 unspecified atom stereocenters. The van der Waals surface area contributed by atoms with E-state index in [1.54, 1.807) is 23.2 Å². The molecule has 0 spiro atoms. The monoisotopic (exact) mass is 436 g/mol. The van der Waals surface area contributed by atoms with Gasteiger partial charge in [0, 0.05) is 42.9 Å². The Balaban J connectivity index is 1.35. The minimum atomic E-state index is -0.0709. The molecule has 0 bridgehead atoms. The van der Waals surface area contributed by atoms with Gasteiger partial charge < -0.3 is 19.5 Å². The SMILES string of the molecule is O=C(c1ccco1)N1CCN(c2ccc(NCc3cnc(Cl)s3)cc2Cl)CC1. The second-order valence-corrected chi connectivity index (χ2v) is 8.46. The topological polar surface area (TPSA) is 61.6 Å². The van der Waals surface area contributed by atoms with Crippen LogP contribution in [0.3, 0.4) is 0 Å². The van der Waals surface area contributed by atoms with Gasteiger partial charge in [0.1, 0.15) is 0 Å². The lowest BCUT2D eigenvalue weighted by Crippen LogP contribution is -2.48. The largest absolute Gasteiger partial charge is 0.459 e. The van der Waals surface area contributed by atoms with Crippen LogP contribution in [-0.2, 0) is 6.54 Å². The van der Waals surface area contributed by atoms with Crippen LogP contribution in [0.5, 0.6) is 0 Å². The van der Waals surface area contributed by atoms with Gasteiger partial charge in [0.25, 0.3) is 5.91 Å². The molecule has 28 heavy (non-hydrogen) atoms. The Morgan fingerprint density at radius 1 is 1.21 bits per heavy atom. The second-order valence-electron chi connectivity index (χ2n) is 6.36. The Labute approximate surface area is 176 Å². The number of hydrogen-bond acceptors (Lipinski definition) is 6. The fourth-order valence-electron chi connectivity index (χ4n) is 3.13. The van der Waals surface area contributed by atoms with E-state index in [1.807, 2.05) is 18.2 Å². The van der Waals surface area contributed by atoms with Gasteiger partial charge in [-0.15, -0.1) is 11.3 Å². The smallest absolute Gasteiger partial charge is 0.289 e. The van der Waals surface area contributed by atoms with E-state index >= 15 is 0 Å². The number of nitrogens with zero attached hydrogens (tertiary/aromatic N) is 3. The number of carbonyl (C=O) groups excluding carboxylic acids is 1. The van der Waals surface area contributed by atoms with Gasteiger partial charge in [-0.2, -0.15) is 0 Å². The highest BCUT2D eigenvalue weighted by Crippen LogP contribution is 2.30. The molecule has 0 aliphatic carbocycles. The van der Waals surface area contributed by atoms with Gasteiger partial charge >= 0.3 is 0 Å². The van der Waals surface area contributed by atoms with Crippen LogP contribution in [0.2, 0.25) is 9.49 Å². The summed E-state index contributed by atoms with van der Waals surface area (Å²) in [6.07, 6.45) is 3.28. The standard InChI is InChI=1S/C19H18Cl2N4O2S/c20-15-10-13(22-11-14-12-23-19(21)28-14)3-4-16(15)24-5-7-25(8-6-24)18(26)17-2-1-9-27-17/h1-4,9-10,12,22H,5-8,11H2. The summed E-state index contributed by atoms with van der Waals surface area (Å²) in [5.41, 5.74) is 1.91. The first kappa shape index (κ1) is 19.1. The van der Waals surface area contributed by atoms with Gasteiger partial charge in [-0.25, -0.2) is 4.98 Å². The Bertz CT molecular complexity index is 953. The molecule has 1 N–H and O–H groups in total. The lowest BCUT2D eigenvalue weighted by atomic mass is 10.2.